The minimum Gasteiger partial charge on any atom is -0.456 e. The smallest absolute Gasteiger partial charge is 0.324 e. The largest absolute Gasteiger partial charge is 0.456 e. The monoisotopic (exact) mass is 502 g/mol. The molecule has 0 aliphatic carbocycles. The maximum Gasteiger partial charge on any atom is 0.324 e. The molecule has 1 heterocycles. The van der Waals surface area contributed by atoms with Crippen LogP contribution in [0.25, 0.3) is 5.69 Å². The third-order valence-electron chi connectivity index (χ3n) is 5.22. The molecule has 9 nitrogen and oxygen atoms in total. The molecule has 9 heteroatoms. The van der Waals surface area contributed by atoms with Crippen molar-refractivity contribution in [3.8, 4) is 11.4 Å². The minimum atomic E-state index is -0.406. The van der Waals surface area contributed by atoms with E-state index < -0.39 is 6.03 Å². The highest BCUT2D eigenvalue weighted by atomic mass is 16.5. The molecule has 0 saturated carbocycles. The summed E-state index contributed by atoms with van der Waals surface area (Å²) in [5, 5.41) is 21.2. The van der Waals surface area contributed by atoms with Crippen molar-refractivity contribution in [2.24, 2.45) is 0 Å². The number of ether oxygens (including phenoxy) is 2. The van der Waals surface area contributed by atoms with Gasteiger partial charge in [0.25, 0.3) is 0 Å². The van der Waals surface area contributed by atoms with Gasteiger partial charge in [-0.15, -0.1) is 0 Å². The lowest BCUT2D eigenvalue weighted by Crippen LogP contribution is -2.21. The van der Waals surface area contributed by atoms with E-state index in [1.807, 2.05) is 30.3 Å². The Bertz CT molecular complexity index is 1260. The molecule has 2 aromatic carbocycles. The Morgan fingerprint density at radius 1 is 1.11 bits per heavy atom. The van der Waals surface area contributed by atoms with Crippen molar-refractivity contribution in [1.29, 1.82) is 5.41 Å². The molecule has 194 valence electrons. The first kappa shape index (κ1) is 27.2. The Kier molecular flexibility index (Phi) is 9.23. The highest BCUT2D eigenvalue weighted by molar-refractivity contribution is 5.99. The van der Waals surface area contributed by atoms with E-state index in [1.165, 1.54) is 0 Å². The van der Waals surface area contributed by atoms with Gasteiger partial charge in [0.05, 0.1) is 24.2 Å². The van der Waals surface area contributed by atoms with E-state index in [4.69, 9.17) is 20.0 Å². The molecule has 0 unspecified atom stereocenters. The van der Waals surface area contributed by atoms with E-state index in [2.05, 4.69) is 43.3 Å². The summed E-state index contributed by atoms with van der Waals surface area (Å²) < 4.78 is 12.4. The second-order valence-electron chi connectivity index (χ2n) is 9.20. The van der Waals surface area contributed by atoms with E-state index in [9.17, 15) is 4.79 Å². The predicted octanol–water partition coefficient (Wildman–Crippen LogP) is 5.97. The van der Waals surface area contributed by atoms with Gasteiger partial charge in [-0.05, 0) is 48.5 Å². The lowest BCUT2D eigenvalue weighted by atomic mass is 9.92. The molecule has 0 spiro atoms. The van der Waals surface area contributed by atoms with Gasteiger partial charge in [-0.2, -0.15) is 5.10 Å². The van der Waals surface area contributed by atoms with Crippen LogP contribution in [0.2, 0.25) is 0 Å². The first-order valence-corrected chi connectivity index (χ1v) is 11.9. The average molecular weight is 503 g/mol. The molecule has 0 fully saturated rings. The van der Waals surface area contributed by atoms with Gasteiger partial charge in [-0.1, -0.05) is 39.5 Å². The molecule has 0 aliphatic rings. The van der Waals surface area contributed by atoms with Gasteiger partial charge >= 0.3 is 6.03 Å². The van der Waals surface area contributed by atoms with Crippen molar-refractivity contribution in [2.75, 3.05) is 36.2 Å². The number of urea groups is 1. The summed E-state index contributed by atoms with van der Waals surface area (Å²) in [4.78, 5) is 12.9. The molecule has 0 saturated heterocycles. The first-order chi connectivity index (χ1) is 17.7. The summed E-state index contributed by atoms with van der Waals surface area (Å²) in [5.74, 6) is 1.44. The maximum absolute atomic E-state index is 12.9. The molecular formula is C28H34N6O3. The fourth-order valence-electron chi connectivity index (χ4n) is 3.33. The minimum absolute atomic E-state index is 0.211. The van der Waals surface area contributed by atoms with Gasteiger partial charge < -0.3 is 25.5 Å². The van der Waals surface area contributed by atoms with Gasteiger partial charge in [-0.3, -0.25) is 5.32 Å². The summed E-state index contributed by atoms with van der Waals surface area (Å²) in [6, 6.07) is 16.1. The SMILES string of the molecule is C=C/C=C(\C=N)Oc1ccc(NC(=O)Nc2cc(C(C)(C)C)nn2-c2cccc(NCCOC)c2)cc1. The molecule has 3 rings (SSSR count). The molecule has 37 heavy (non-hydrogen) atoms. The molecular weight excluding hydrogens is 468 g/mol. The number of methoxy groups -OCH3 is 1. The Balaban J connectivity index is 1.78. The van der Waals surface area contributed by atoms with Crippen molar-refractivity contribution in [3.05, 3.63) is 84.8 Å². The van der Waals surface area contributed by atoms with Gasteiger partial charge in [0.1, 0.15) is 17.3 Å². The molecule has 0 atom stereocenters. The van der Waals surface area contributed by atoms with Gasteiger partial charge in [-0.25, -0.2) is 9.48 Å². The summed E-state index contributed by atoms with van der Waals surface area (Å²) in [6.07, 6.45) is 4.24. The van der Waals surface area contributed by atoms with E-state index in [-0.39, 0.29) is 5.41 Å². The van der Waals surface area contributed by atoms with Crippen molar-refractivity contribution in [1.82, 2.24) is 9.78 Å². The van der Waals surface area contributed by atoms with E-state index in [1.54, 1.807) is 48.2 Å². The highest BCUT2D eigenvalue weighted by Crippen LogP contribution is 2.27. The molecule has 3 aromatic rings. The molecule has 0 radical (unpaired) electrons. The number of hydrogen-bond acceptors (Lipinski definition) is 6. The number of hydrogen-bond donors (Lipinski definition) is 4. The molecule has 4 N–H and O–H groups in total. The number of rotatable bonds is 11. The lowest BCUT2D eigenvalue weighted by molar-refractivity contribution is 0.211. The zero-order valence-electron chi connectivity index (χ0n) is 21.7. The lowest BCUT2D eigenvalue weighted by Gasteiger charge is -2.14. The van der Waals surface area contributed by atoms with Gasteiger partial charge in [0, 0.05) is 36.5 Å². The number of carbonyl (C=O) groups excluding carboxylic acids is 1. The summed E-state index contributed by atoms with van der Waals surface area (Å²) in [6.45, 7) is 11.1. The highest BCUT2D eigenvalue weighted by Gasteiger charge is 2.21. The van der Waals surface area contributed by atoms with Crippen LogP contribution in [-0.4, -0.2) is 42.3 Å². The van der Waals surface area contributed by atoms with Crippen LogP contribution in [0.1, 0.15) is 26.5 Å². The second-order valence-corrected chi connectivity index (χ2v) is 9.20. The third kappa shape index (κ3) is 7.81. The topological polar surface area (TPSA) is 113 Å². The Morgan fingerprint density at radius 2 is 1.86 bits per heavy atom. The molecule has 0 aliphatic heterocycles. The Hall–Kier alpha value is -4.37. The van der Waals surface area contributed by atoms with Crippen LogP contribution < -0.4 is 20.7 Å². The number of allylic oxidation sites excluding steroid dienone is 3. The summed E-state index contributed by atoms with van der Waals surface area (Å²) in [7, 11) is 1.66. The van der Waals surface area contributed by atoms with E-state index in [0.29, 0.717) is 36.2 Å². The van der Waals surface area contributed by atoms with Crippen LogP contribution in [0, 0.1) is 5.41 Å². The van der Waals surface area contributed by atoms with Crippen LogP contribution in [-0.2, 0) is 10.2 Å². The third-order valence-corrected chi connectivity index (χ3v) is 5.22. The number of anilines is 3. The number of amides is 2. The fraction of sp³-hybridized carbons (Fsp3) is 0.250. The predicted molar refractivity (Wildman–Crippen MR) is 149 cm³/mol. The molecule has 2 amide bonds. The Morgan fingerprint density at radius 3 is 2.51 bits per heavy atom. The number of nitrogens with one attached hydrogen (secondary N) is 4. The number of carbonyl (C=O) groups is 1. The first-order valence-electron chi connectivity index (χ1n) is 11.9. The molecule has 0 bridgehead atoms. The quantitative estimate of drug-likeness (QED) is 0.112. The zero-order valence-corrected chi connectivity index (χ0v) is 21.7. The average Bonchev–Trinajstić information content (AvgIpc) is 3.29. The van der Waals surface area contributed by atoms with E-state index >= 15 is 0 Å². The summed E-state index contributed by atoms with van der Waals surface area (Å²) in [5.41, 5.74) is 2.95. The van der Waals surface area contributed by atoms with Crippen molar-refractivity contribution in [2.45, 2.75) is 26.2 Å². The Labute approximate surface area is 217 Å². The van der Waals surface area contributed by atoms with Crippen LogP contribution >= 0.6 is 0 Å². The van der Waals surface area contributed by atoms with Crippen LogP contribution in [0.4, 0.5) is 22.0 Å². The maximum atomic E-state index is 12.9. The van der Waals surface area contributed by atoms with Crippen molar-refractivity contribution < 1.29 is 14.3 Å². The van der Waals surface area contributed by atoms with Crippen molar-refractivity contribution in [3.63, 3.8) is 0 Å². The number of benzene rings is 2. The fourth-order valence-corrected chi connectivity index (χ4v) is 3.33. The molecule has 1 aromatic heterocycles. The van der Waals surface area contributed by atoms with Crippen LogP contribution in [0.3, 0.4) is 0 Å². The van der Waals surface area contributed by atoms with Crippen molar-refractivity contribution >= 4 is 29.4 Å². The van der Waals surface area contributed by atoms with Gasteiger partial charge in [0.2, 0.25) is 0 Å². The van der Waals surface area contributed by atoms with E-state index in [0.717, 1.165) is 23.3 Å². The standard InChI is InChI=1S/C28H34N6O3/c1-6-8-24(19-29)37-23-13-11-20(12-14-23)31-27(35)32-26-18-25(28(2,3)4)33-34(26)22-10-7-9-21(17-22)30-15-16-36-5/h6-14,17-19,29-30H,1,15-16H2,2-5H3,(H2,31,32,35)/b24-8+,29-19?. The normalized spacial score (nSPS) is 11.5. The van der Waals surface area contributed by atoms with Crippen LogP contribution in [0.15, 0.2) is 79.1 Å². The number of aromatic nitrogens is 2. The second kappa shape index (κ2) is 12.5. The number of nitrogens with zero attached hydrogens (tertiary/aromatic N) is 2. The van der Waals surface area contributed by atoms with Crippen LogP contribution in [0.5, 0.6) is 5.75 Å². The van der Waals surface area contributed by atoms with Gasteiger partial charge in [0.15, 0.2) is 0 Å². The zero-order chi connectivity index (χ0) is 26.8. The summed E-state index contributed by atoms with van der Waals surface area (Å²) >= 11 is 0.